The SMILES string of the molecule is N/N=C(/C(c1ccncc1)N1CCC(n2c(=O)[nH]c3ccccc32)CC1)N(N)c1ccc2c(c1)OCCO2.[HH]. The molecule has 5 N–H and O–H groups in total. The van der Waals surface area contributed by atoms with Crippen molar-refractivity contribution in [2.75, 3.05) is 31.3 Å². The number of anilines is 1. The predicted molar refractivity (Wildman–Crippen MR) is 147 cm³/mol. The zero-order valence-corrected chi connectivity index (χ0v) is 20.9. The van der Waals surface area contributed by atoms with E-state index in [0.717, 1.165) is 42.5 Å². The minimum atomic E-state index is -0.318. The number of piperidine rings is 1. The van der Waals surface area contributed by atoms with E-state index in [0.29, 0.717) is 36.2 Å². The summed E-state index contributed by atoms with van der Waals surface area (Å²) in [4.78, 5) is 22.2. The van der Waals surface area contributed by atoms with Gasteiger partial charge in [-0.3, -0.25) is 19.5 Å². The van der Waals surface area contributed by atoms with Gasteiger partial charge in [-0.25, -0.2) is 10.6 Å². The summed E-state index contributed by atoms with van der Waals surface area (Å²) in [5.41, 5.74) is 3.35. The Morgan fingerprint density at radius 3 is 2.58 bits per heavy atom. The van der Waals surface area contributed by atoms with Gasteiger partial charge >= 0.3 is 5.69 Å². The van der Waals surface area contributed by atoms with Crippen LogP contribution in [0, 0.1) is 0 Å². The number of nitrogens with zero attached hydrogens (tertiary/aromatic N) is 5. The van der Waals surface area contributed by atoms with Gasteiger partial charge in [-0.1, -0.05) is 12.1 Å². The Balaban J connectivity index is 0.00000308. The molecule has 2 aromatic carbocycles. The highest BCUT2D eigenvalue weighted by molar-refractivity contribution is 6.01. The van der Waals surface area contributed by atoms with Crippen molar-refractivity contribution in [1.29, 1.82) is 0 Å². The van der Waals surface area contributed by atoms with Crippen LogP contribution in [-0.2, 0) is 0 Å². The number of hydrazone groups is 1. The van der Waals surface area contributed by atoms with Gasteiger partial charge in [0.15, 0.2) is 17.3 Å². The minimum absolute atomic E-state index is 0. The minimum Gasteiger partial charge on any atom is -0.486 e. The van der Waals surface area contributed by atoms with Crippen LogP contribution in [0.5, 0.6) is 11.5 Å². The van der Waals surface area contributed by atoms with Crippen molar-refractivity contribution in [1.82, 2.24) is 19.4 Å². The van der Waals surface area contributed by atoms with Crippen LogP contribution < -0.4 is 31.9 Å². The van der Waals surface area contributed by atoms with E-state index < -0.39 is 0 Å². The second kappa shape index (κ2) is 10.2. The number of amidine groups is 1. The quantitative estimate of drug-likeness (QED) is 0.159. The molecule has 6 rings (SSSR count). The molecule has 0 radical (unpaired) electrons. The fourth-order valence-corrected chi connectivity index (χ4v) is 5.49. The molecule has 4 aromatic rings. The predicted octanol–water partition coefficient (Wildman–Crippen LogP) is 2.77. The molecular formula is C27H32N8O3. The Labute approximate surface area is 220 Å². The number of pyridine rings is 1. The average molecular weight is 517 g/mol. The first kappa shape index (κ1) is 24.0. The maximum atomic E-state index is 12.8. The van der Waals surface area contributed by atoms with Gasteiger partial charge in [0.25, 0.3) is 0 Å². The molecule has 4 heterocycles. The van der Waals surface area contributed by atoms with Crippen LogP contribution in [0.2, 0.25) is 0 Å². The highest BCUT2D eigenvalue weighted by Gasteiger charge is 2.34. The zero-order valence-electron chi connectivity index (χ0n) is 20.9. The van der Waals surface area contributed by atoms with E-state index in [1.54, 1.807) is 12.4 Å². The van der Waals surface area contributed by atoms with Crippen LogP contribution in [0.1, 0.15) is 31.9 Å². The van der Waals surface area contributed by atoms with Gasteiger partial charge in [0.1, 0.15) is 13.2 Å². The summed E-state index contributed by atoms with van der Waals surface area (Å²) in [5, 5.41) is 5.68. The number of imidazole rings is 1. The molecule has 1 fully saturated rings. The molecule has 2 aliphatic heterocycles. The standard InChI is InChI=1S/C27H30N8O3.H2/c28-32-26(35(29)20-5-6-23-24(17-20)38-16-15-37-23)25(18-7-11-30-12-8-18)33-13-9-19(10-14-33)34-22-4-2-1-3-21(22)31-27(34)36;/h1-8,11-12,17,19,25H,9-10,13-16,28-29H2,(H,31,36);1H/b32-26-;. The van der Waals surface area contributed by atoms with E-state index >= 15 is 0 Å². The van der Waals surface area contributed by atoms with Crippen LogP contribution in [0.3, 0.4) is 0 Å². The number of ether oxygens (including phenoxy) is 2. The van der Waals surface area contributed by atoms with Gasteiger partial charge in [-0.15, -0.1) is 0 Å². The molecule has 2 aromatic heterocycles. The normalized spacial score (nSPS) is 17.4. The lowest BCUT2D eigenvalue weighted by atomic mass is 9.98. The summed E-state index contributed by atoms with van der Waals surface area (Å²) in [7, 11) is 0. The number of benzene rings is 2. The third-order valence-electron chi connectivity index (χ3n) is 7.30. The Morgan fingerprint density at radius 2 is 1.82 bits per heavy atom. The molecule has 0 bridgehead atoms. The molecule has 0 saturated carbocycles. The summed E-state index contributed by atoms with van der Waals surface area (Å²) < 4.78 is 13.3. The largest absolute Gasteiger partial charge is 0.486 e. The Hall–Kier alpha value is -4.35. The molecule has 0 spiro atoms. The van der Waals surface area contributed by atoms with Crippen molar-refractivity contribution in [2.45, 2.75) is 24.9 Å². The monoisotopic (exact) mass is 516 g/mol. The van der Waals surface area contributed by atoms with E-state index in [-0.39, 0.29) is 19.2 Å². The number of nitrogens with two attached hydrogens (primary N) is 2. The topological polar surface area (TPSA) is 140 Å². The fraction of sp³-hybridized carbons (Fsp3) is 0.296. The molecule has 2 aliphatic rings. The molecule has 11 heteroatoms. The molecular weight excluding hydrogens is 484 g/mol. The third-order valence-corrected chi connectivity index (χ3v) is 7.30. The van der Waals surface area contributed by atoms with Gasteiger partial charge < -0.3 is 20.3 Å². The van der Waals surface area contributed by atoms with Crippen molar-refractivity contribution in [3.05, 3.63) is 83.0 Å². The van der Waals surface area contributed by atoms with Crippen LogP contribution in [-0.4, -0.2) is 51.6 Å². The summed E-state index contributed by atoms with van der Waals surface area (Å²) >= 11 is 0. The number of hydrogen-bond acceptors (Lipinski definition) is 8. The van der Waals surface area contributed by atoms with Crippen molar-refractivity contribution in [3.63, 3.8) is 0 Å². The average Bonchev–Trinajstić information content (AvgIpc) is 3.31. The van der Waals surface area contributed by atoms with E-state index in [4.69, 9.17) is 21.2 Å². The second-order valence-electron chi connectivity index (χ2n) is 9.45. The fourth-order valence-electron chi connectivity index (χ4n) is 5.49. The Bertz CT molecular complexity index is 1510. The number of nitrogens with one attached hydrogen (secondary N) is 1. The van der Waals surface area contributed by atoms with Gasteiger partial charge in [0.05, 0.1) is 22.8 Å². The lowest BCUT2D eigenvalue weighted by Crippen LogP contribution is -2.49. The van der Waals surface area contributed by atoms with Gasteiger partial charge in [0.2, 0.25) is 0 Å². The number of para-hydroxylation sites is 2. The van der Waals surface area contributed by atoms with Gasteiger partial charge in [-0.05, 0) is 54.8 Å². The number of hydrogen-bond donors (Lipinski definition) is 3. The van der Waals surface area contributed by atoms with Crippen molar-refractivity contribution >= 4 is 22.6 Å². The number of aromatic amines is 1. The molecule has 0 amide bonds. The maximum Gasteiger partial charge on any atom is 0.326 e. The molecule has 1 atom stereocenters. The highest BCUT2D eigenvalue weighted by Crippen LogP contribution is 2.36. The van der Waals surface area contributed by atoms with Crippen molar-refractivity contribution < 1.29 is 10.9 Å². The Kier molecular flexibility index (Phi) is 6.44. The number of rotatable bonds is 5. The first-order valence-corrected chi connectivity index (χ1v) is 12.7. The lowest BCUT2D eigenvalue weighted by molar-refractivity contribution is 0.164. The molecule has 1 saturated heterocycles. The summed E-state index contributed by atoms with van der Waals surface area (Å²) in [6.45, 7) is 2.43. The van der Waals surface area contributed by atoms with Crippen LogP contribution in [0.15, 0.2) is 76.9 Å². The summed E-state index contributed by atoms with van der Waals surface area (Å²) in [6, 6.07) is 17.0. The number of hydrazine groups is 1. The van der Waals surface area contributed by atoms with Crippen molar-refractivity contribution in [2.24, 2.45) is 16.8 Å². The zero-order chi connectivity index (χ0) is 26.1. The highest BCUT2D eigenvalue weighted by atomic mass is 16.6. The second-order valence-corrected chi connectivity index (χ2v) is 9.45. The van der Waals surface area contributed by atoms with E-state index in [9.17, 15) is 4.79 Å². The number of aromatic nitrogens is 3. The number of H-pyrrole nitrogens is 1. The van der Waals surface area contributed by atoms with Gasteiger partial charge in [0, 0.05) is 39.0 Å². The lowest BCUT2D eigenvalue weighted by Gasteiger charge is -2.40. The first-order chi connectivity index (χ1) is 18.6. The van der Waals surface area contributed by atoms with Gasteiger partial charge in [-0.2, -0.15) is 5.10 Å². The number of fused-ring (bicyclic) bond motifs is 2. The first-order valence-electron chi connectivity index (χ1n) is 12.7. The molecule has 198 valence electrons. The smallest absolute Gasteiger partial charge is 0.326 e. The third kappa shape index (κ3) is 4.35. The van der Waals surface area contributed by atoms with E-state index in [2.05, 4.69) is 20.0 Å². The summed E-state index contributed by atoms with van der Waals surface area (Å²) in [5.74, 6) is 14.4. The molecule has 1 unspecified atom stereocenters. The molecule has 38 heavy (non-hydrogen) atoms. The van der Waals surface area contributed by atoms with Crippen LogP contribution in [0.25, 0.3) is 11.0 Å². The van der Waals surface area contributed by atoms with Crippen LogP contribution >= 0.6 is 0 Å². The van der Waals surface area contributed by atoms with Crippen LogP contribution in [0.4, 0.5) is 5.69 Å². The van der Waals surface area contributed by atoms with E-state index in [1.807, 2.05) is 59.2 Å². The molecule has 11 nitrogen and oxygen atoms in total. The maximum absolute atomic E-state index is 12.8. The van der Waals surface area contributed by atoms with E-state index in [1.165, 1.54) is 5.01 Å². The number of likely N-dealkylation sites (tertiary alicyclic amines) is 1. The van der Waals surface area contributed by atoms with Crippen molar-refractivity contribution in [3.8, 4) is 11.5 Å². The molecule has 0 aliphatic carbocycles. The summed E-state index contributed by atoms with van der Waals surface area (Å²) in [6.07, 6.45) is 5.07. The Morgan fingerprint density at radius 1 is 1.08 bits per heavy atom.